The molecule has 0 spiro atoms. The molecule has 1 aromatic carbocycles. The number of carbonyl (C=O) groups excluding carboxylic acids is 1. The van der Waals surface area contributed by atoms with Crippen LogP contribution in [0.1, 0.15) is 12.0 Å². The summed E-state index contributed by atoms with van der Waals surface area (Å²) in [6, 6.07) is 4.11. The number of likely N-dealkylation sites (N-methyl/N-ethyl adjacent to an activating group) is 1. The Morgan fingerprint density at radius 2 is 2.07 bits per heavy atom. The van der Waals surface area contributed by atoms with Gasteiger partial charge in [-0.1, -0.05) is 17.7 Å². The molecule has 7 nitrogen and oxygen atoms in total. The summed E-state index contributed by atoms with van der Waals surface area (Å²) in [5.41, 5.74) is 1.02. The highest BCUT2D eigenvalue weighted by Gasteiger charge is 2.31. The van der Waals surface area contributed by atoms with Gasteiger partial charge in [0.05, 0.1) is 19.2 Å². The van der Waals surface area contributed by atoms with E-state index in [9.17, 15) is 4.79 Å². The standard InChI is InChI=1S/C19H31ClN4O3/c1-21-19(25)22-10-13-8-9-24(12-15(13)23(2)3)11-14-6-7-16(26-4)18(27-5)17(14)20/h6-7,13,15H,8-12H2,1-5H3,(H2,21,22,25)/t13-,15-/m1/s1. The summed E-state index contributed by atoms with van der Waals surface area (Å²) >= 11 is 6.54. The maximum absolute atomic E-state index is 11.5. The Bertz CT molecular complexity index is 642. The number of piperidine rings is 1. The van der Waals surface area contributed by atoms with Crippen LogP contribution in [0.15, 0.2) is 12.1 Å². The van der Waals surface area contributed by atoms with E-state index in [2.05, 4.69) is 34.5 Å². The molecule has 1 aliphatic rings. The number of amides is 2. The highest BCUT2D eigenvalue weighted by molar-refractivity contribution is 6.33. The molecule has 1 aromatic rings. The number of nitrogens with zero attached hydrogens (tertiary/aromatic N) is 2. The summed E-state index contributed by atoms with van der Waals surface area (Å²) in [7, 11) is 9.01. The Kier molecular flexibility index (Phi) is 8.01. The third-order valence-corrected chi connectivity index (χ3v) is 5.59. The molecule has 1 aliphatic heterocycles. The first-order valence-electron chi connectivity index (χ1n) is 9.15. The predicted octanol–water partition coefficient (Wildman–Crippen LogP) is 2.04. The zero-order chi connectivity index (χ0) is 20.0. The Labute approximate surface area is 166 Å². The van der Waals surface area contributed by atoms with Crippen LogP contribution in [0.5, 0.6) is 11.5 Å². The van der Waals surface area contributed by atoms with Crippen molar-refractivity contribution in [2.24, 2.45) is 5.92 Å². The van der Waals surface area contributed by atoms with Crippen molar-refractivity contribution in [3.63, 3.8) is 0 Å². The highest BCUT2D eigenvalue weighted by atomic mass is 35.5. The van der Waals surface area contributed by atoms with E-state index < -0.39 is 0 Å². The van der Waals surface area contributed by atoms with Crippen LogP contribution in [0, 0.1) is 5.92 Å². The lowest BCUT2D eigenvalue weighted by atomic mass is 9.90. The summed E-state index contributed by atoms with van der Waals surface area (Å²) < 4.78 is 10.7. The van der Waals surface area contributed by atoms with Gasteiger partial charge in [0.15, 0.2) is 11.5 Å². The summed E-state index contributed by atoms with van der Waals surface area (Å²) in [6.07, 6.45) is 1.01. The van der Waals surface area contributed by atoms with Gasteiger partial charge in [-0.3, -0.25) is 4.90 Å². The number of hydrogen-bond acceptors (Lipinski definition) is 5. The molecule has 1 heterocycles. The van der Waals surface area contributed by atoms with E-state index in [0.29, 0.717) is 35.0 Å². The van der Waals surface area contributed by atoms with E-state index in [4.69, 9.17) is 21.1 Å². The van der Waals surface area contributed by atoms with Crippen LogP contribution in [0.25, 0.3) is 0 Å². The van der Waals surface area contributed by atoms with Gasteiger partial charge in [0, 0.05) is 32.7 Å². The lowest BCUT2D eigenvalue weighted by Gasteiger charge is -2.42. The summed E-state index contributed by atoms with van der Waals surface area (Å²) in [6.45, 7) is 3.29. The van der Waals surface area contributed by atoms with Gasteiger partial charge in [-0.15, -0.1) is 0 Å². The third-order valence-electron chi connectivity index (χ3n) is 5.18. The second-order valence-corrected chi connectivity index (χ2v) is 7.43. The van der Waals surface area contributed by atoms with Crippen LogP contribution in [-0.4, -0.2) is 76.9 Å². The molecule has 2 N–H and O–H groups in total. The first-order valence-corrected chi connectivity index (χ1v) is 9.52. The highest BCUT2D eigenvalue weighted by Crippen LogP contribution is 2.38. The third kappa shape index (κ3) is 5.40. The predicted molar refractivity (Wildman–Crippen MR) is 108 cm³/mol. The van der Waals surface area contributed by atoms with Crippen molar-refractivity contribution >= 4 is 17.6 Å². The quantitative estimate of drug-likeness (QED) is 0.735. The number of methoxy groups -OCH3 is 2. The number of hydrogen-bond donors (Lipinski definition) is 2. The molecular formula is C19H31ClN4O3. The number of rotatable bonds is 7. The van der Waals surface area contributed by atoms with Crippen LogP contribution in [0.2, 0.25) is 5.02 Å². The zero-order valence-electron chi connectivity index (χ0n) is 16.8. The molecule has 8 heteroatoms. The fourth-order valence-electron chi connectivity index (χ4n) is 3.62. The minimum Gasteiger partial charge on any atom is -0.493 e. The zero-order valence-corrected chi connectivity index (χ0v) is 17.6. The van der Waals surface area contributed by atoms with Gasteiger partial charge in [-0.25, -0.2) is 4.79 Å². The van der Waals surface area contributed by atoms with E-state index in [1.54, 1.807) is 21.3 Å². The van der Waals surface area contributed by atoms with Crippen LogP contribution < -0.4 is 20.1 Å². The number of carbonyl (C=O) groups is 1. The molecule has 2 atom stereocenters. The van der Waals surface area contributed by atoms with E-state index in [1.807, 2.05) is 12.1 Å². The average molecular weight is 399 g/mol. The minimum absolute atomic E-state index is 0.132. The first kappa shape index (κ1) is 21.6. The lowest BCUT2D eigenvalue weighted by Crippen LogP contribution is -2.53. The van der Waals surface area contributed by atoms with E-state index in [0.717, 1.165) is 31.6 Å². The van der Waals surface area contributed by atoms with Crippen LogP contribution >= 0.6 is 11.6 Å². The molecule has 2 amide bonds. The average Bonchev–Trinajstić information content (AvgIpc) is 2.67. The Morgan fingerprint density at radius 3 is 2.67 bits per heavy atom. The van der Waals surface area contributed by atoms with Gasteiger partial charge in [0.25, 0.3) is 0 Å². The number of urea groups is 1. The van der Waals surface area contributed by atoms with Gasteiger partial charge in [0.1, 0.15) is 0 Å². The van der Waals surface area contributed by atoms with E-state index in [-0.39, 0.29) is 6.03 Å². The molecule has 152 valence electrons. The molecular weight excluding hydrogens is 368 g/mol. The van der Waals surface area contributed by atoms with Gasteiger partial charge in [-0.05, 0) is 44.6 Å². The van der Waals surface area contributed by atoms with Gasteiger partial charge in [-0.2, -0.15) is 0 Å². The Hall–Kier alpha value is -1.70. The molecule has 0 aromatic heterocycles. The first-order chi connectivity index (χ1) is 12.9. The summed E-state index contributed by atoms with van der Waals surface area (Å²) in [4.78, 5) is 16.1. The number of likely N-dealkylation sites (tertiary alicyclic amines) is 1. The number of ether oxygens (including phenoxy) is 2. The van der Waals surface area contributed by atoms with E-state index in [1.165, 1.54) is 0 Å². The Morgan fingerprint density at radius 1 is 1.33 bits per heavy atom. The Balaban J connectivity index is 2.06. The van der Waals surface area contributed by atoms with Crippen molar-refractivity contribution in [3.8, 4) is 11.5 Å². The normalized spacial score (nSPS) is 20.4. The smallest absolute Gasteiger partial charge is 0.314 e. The van der Waals surface area contributed by atoms with Crippen molar-refractivity contribution < 1.29 is 14.3 Å². The SMILES string of the molecule is CNC(=O)NC[C@H]1CCN(Cc2ccc(OC)c(OC)c2Cl)C[C@H]1N(C)C. The number of benzene rings is 1. The van der Waals surface area contributed by atoms with Gasteiger partial charge < -0.3 is 25.0 Å². The molecule has 0 saturated carbocycles. The van der Waals surface area contributed by atoms with Crippen LogP contribution in [0.3, 0.4) is 0 Å². The fourth-order valence-corrected chi connectivity index (χ4v) is 3.91. The van der Waals surface area contributed by atoms with Crippen molar-refractivity contribution in [2.75, 3.05) is 55.0 Å². The molecule has 0 bridgehead atoms. The van der Waals surface area contributed by atoms with Crippen LogP contribution in [0.4, 0.5) is 4.79 Å². The van der Waals surface area contributed by atoms with Crippen molar-refractivity contribution in [2.45, 2.75) is 19.0 Å². The molecule has 27 heavy (non-hydrogen) atoms. The lowest BCUT2D eigenvalue weighted by molar-refractivity contribution is 0.0782. The van der Waals surface area contributed by atoms with Crippen LogP contribution in [-0.2, 0) is 6.54 Å². The minimum atomic E-state index is -0.132. The van der Waals surface area contributed by atoms with E-state index >= 15 is 0 Å². The number of nitrogens with one attached hydrogen (secondary N) is 2. The monoisotopic (exact) mass is 398 g/mol. The van der Waals surface area contributed by atoms with Crippen molar-refractivity contribution in [1.29, 1.82) is 0 Å². The summed E-state index contributed by atoms with van der Waals surface area (Å²) in [5, 5.41) is 6.15. The van der Waals surface area contributed by atoms with Gasteiger partial charge >= 0.3 is 6.03 Å². The fraction of sp³-hybridized carbons (Fsp3) is 0.632. The molecule has 0 aliphatic carbocycles. The molecule has 1 fully saturated rings. The summed E-state index contributed by atoms with van der Waals surface area (Å²) in [5.74, 6) is 1.62. The molecule has 2 rings (SSSR count). The molecule has 0 radical (unpaired) electrons. The second-order valence-electron chi connectivity index (χ2n) is 7.05. The van der Waals surface area contributed by atoms with Crippen molar-refractivity contribution in [1.82, 2.24) is 20.4 Å². The largest absolute Gasteiger partial charge is 0.493 e. The topological polar surface area (TPSA) is 66.1 Å². The maximum Gasteiger partial charge on any atom is 0.314 e. The molecule has 1 saturated heterocycles. The van der Waals surface area contributed by atoms with Crippen molar-refractivity contribution in [3.05, 3.63) is 22.7 Å². The second kappa shape index (κ2) is 10.0. The maximum atomic E-state index is 11.5. The van der Waals surface area contributed by atoms with Gasteiger partial charge in [0.2, 0.25) is 0 Å². The molecule has 0 unspecified atom stereocenters. The number of halogens is 1.